The third-order valence-electron chi connectivity index (χ3n) is 8.40. The number of rotatable bonds is 8. The highest BCUT2D eigenvalue weighted by molar-refractivity contribution is 5.97. The van der Waals surface area contributed by atoms with Crippen LogP contribution >= 0.6 is 0 Å². The highest BCUT2D eigenvalue weighted by Gasteiger charge is 2.43. The van der Waals surface area contributed by atoms with Gasteiger partial charge in [-0.3, -0.25) is 14.6 Å². The molecule has 0 aromatic carbocycles. The van der Waals surface area contributed by atoms with Crippen molar-refractivity contribution in [1.82, 2.24) is 29.4 Å². The average Bonchev–Trinajstić information content (AvgIpc) is 3.80. The van der Waals surface area contributed by atoms with Gasteiger partial charge in [-0.25, -0.2) is 8.78 Å². The van der Waals surface area contributed by atoms with E-state index < -0.39 is 5.92 Å². The summed E-state index contributed by atoms with van der Waals surface area (Å²) in [5, 5.41) is 12.4. The van der Waals surface area contributed by atoms with E-state index in [-0.39, 0.29) is 36.4 Å². The Balaban J connectivity index is 1.35. The molecule has 39 heavy (non-hydrogen) atoms. The average molecular weight is 539 g/mol. The van der Waals surface area contributed by atoms with Crippen LogP contribution in [0.2, 0.25) is 0 Å². The third kappa shape index (κ3) is 4.85. The minimum Gasteiger partial charge on any atom is -0.382 e. The molecular weight excluding hydrogens is 502 g/mol. The first-order valence-corrected chi connectivity index (χ1v) is 14.0. The number of aryl methyl sites for hydroxylation is 1. The number of hydrogen-bond donors (Lipinski definition) is 2. The van der Waals surface area contributed by atoms with Crippen molar-refractivity contribution in [2.24, 2.45) is 18.9 Å². The van der Waals surface area contributed by atoms with Gasteiger partial charge < -0.3 is 20.1 Å². The molecule has 4 heterocycles. The molecule has 3 aromatic heterocycles. The minimum absolute atomic E-state index is 0.0902. The highest BCUT2D eigenvalue weighted by Crippen LogP contribution is 2.52. The van der Waals surface area contributed by atoms with Gasteiger partial charge in [-0.2, -0.15) is 10.2 Å². The van der Waals surface area contributed by atoms with Gasteiger partial charge >= 0.3 is 0 Å². The van der Waals surface area contributed by atoms with Crippen LogP contribution in [0.1, 0.15) is 57.9 Å². The fraction of sp³-hybridized carbons (Fsp3) is 0.607. The summed E-state index contributed by atoms with van der Waals surface area (Å²) >= 11 is 0. The van der Waals surface area contributed by atoms with Gasteiger partial charge in [-0.05, 0) is 50.4 Å². The topological polar surface area (TPSA) is 101 Å². The number of nitrogens with two attached hydrogens (primary N) is 1. The molecule has 3 N–H and O–H groups in total. The molecule has 0 bridgehead atoms. The second-order valence-electron chi connectivity index (χ2n) is 11.5. The van der Waals surface area contributed by atoms with Crippen molar-refractivity contribution in [2.75, 3.05) is 30.8 Å². The molecule has 6 rings (SSSR count). The number of aromatic amines is 1. The first-order valence-electron chi connectivity index (χ1n) is 14.0. The van der Waals surface area contributed by atoms with Gasteiger partial charge in [0.2, 0.25) is 0 Å². The first kappa shape index (κ1) is 25.7. The minimum atomic E-state index is -2.76. The van der Waals surface area contributed by atoms with E-state index in [1.54, 1.807) is 7.05 Å². The fourth-order valence-corrected chi connectivity index (χ4v) is 6.02. The van der Waals surface area contributed by atoms with Crippen molar-refractivity contribution < 1.29 is 8.78 Å². The fourth-order valence-electron chi connectivity index (χ4n) is 6.02. The maximum absolute atomic E-state index is 13.8. The number of aromatic nitrogens is 5. The van der Waals surface area contributed by atoms with E-state index in [2.05, 4.69) is 27.1 Å². The molecule has 2 saturated carbocycles. The summed E-state index contributed by atoms with van der Waals surface area (Å²) < 4.78 is 31.3. The van der Waals surface area contributed by atoms with E-state index >= 15 is 0 Å². The summed E-state index contributed by atoms with van der Waals surface area (Å²) in [4.78, 5) is 17.1. The van der Waals surface area contributed by atoms with Crippen LogP contribution in [0, 0.1) is 23.8 Å². The van der Waals surface area contributed by atoms with Crippen LogP contribution in [0.15, 0.2) is 17.1 Å². The number of fused-ring (bicyclic) bond motifs is 1. The van der Waals surface area contributed by atoms with Gasteiger partial charge in [0, 0.05) is 57.0 Å². The second kappa shape index (κ2) is 9.57. The van der Waals surface area contributed by atoms with E-state index in [9.17, 15) is 13.6 Å². The number of H-pyrrole nitrogens is 1. The molecule has 208 valence electrons. The lowest BCUT2D eigenvalue weighted by Crippen LogP contribution is -2.32. The zero-order valence-electron chi connectivity index (χ0n) is 22.8. The Hall–Kier alpha value is -3.55. The molecule has 0 radical (unpaired) electrons. The molecular formula is C28H36F2N8O. The Bertz CT molecular complexity index is 1490. The molecule has 3 aliphatic rings. The number of nitrogen functional groups attached to an aromatic ring is 1. The van der Waals surface area contributed by atoms with Crippen molar-refractivity contribution in [2.45, 2.75) is 69.9 Å². The predicted molar refractivity (Wildman–Crippen MR) is 147 cm³/mol. The number of alkyl halides is 2. The molecule has 0 amide bonds. The lowest BCUT2D eigenvalue weighted by Gasteiger charge is -2.23. The van der Waals surface area contributed by atoms with Crippen molar-refractivity contribution >= 4 is 22.5 Å². The molecule has 1 atom stereocenters. The Kier molecular flexibility index (Phi) is 6.31. The lowest BCUT2D eigenvalue weighted by atomic mass is 10.0. The molecule has 0 unspecified atom stereocenters. The standard InChI is InChI=1S/C28H36F2N8O/c1-4-28(29,30)16-35(2)13-11-19-6-5-12-37(19)22-14-21(34-36(22)3)20-15-38(25(17-7-8-17)18-9-10-18)27(39)23-24(20)32-33-26(23)31/h14-15,17-19,25H,4-10,12,16H2,1-3H3,(H3,31,32,33)/t19-/m1/s1. The quantitative estimate of drug-likeness (QED) is 0.333. The molecule has 3 fully saturated rings. The van der Waals surface area contributed by atoms with Crippen molar-refractivity contribution in [3.63, 3.8) is 0 Å². The maximum atomic E-state index is 13.8. The SMILES string of the molecule is CCC(F)(F)CN(C)C#C[C@H]1CCCN1c1cc(-c2cn(C(C3CC3)C3CC3)c(=O)c3c(N)n[nH]c23)nn1C. The van der Waals surface area contributed by atoms with E-state index in [4.69, 9.17) is 10.8 Å². The van der Waals surface area contributed by atoms with Crippen LogP contribution in [-0.4, -0.2) is 61.5 Å². The van der Waals surface area contributed by atoms with E-state index in [1.807, 2.05) is 28.6 Å². The van der Waals surface area contributed by atoms with Gasteiger partial charge in [-0.15, -0.1) is 0 Å². The predicted octanol–water partition coefficient (Wildman–Crippen LogP) is 3.98. The number of hydrogen-bond acceptors (Lipinski definition) is 6. The van der Waals surface area contributed by atoms with Crippen LogP contribution < -0.4 is 16.2 Å². The van der Waals surface area contributed by atoms with Crippen molar-refractivity contribution in [3.8, 4) is 23.2 Å². The Morgan fingerprint density at radius 1 is 1.26 bits per heavy atom. The van der Waals surface area contributed by atoms with Gasteiger partial charge in [0.25, 0.3) is 11.5 Å². The van der Waals surface area contributed by atoms with Crippen LogP contribution in [0.3, 0.4) is 0 Å². The molecule has 1 aliphatic heterocycles. The van der Waals surface area contributed by atoms with Crippen LogP contribution in [0.25, 0.3) is 22.2 Å². The summed E-state index contributed by atoms with van der Waals surface area (Å²) in [7, 11) is 3.49. The molecule has 9 nitrogen and oxygen atoms in total. The van der Waals surface area contributed by atoms with Crippen molar-refractivity contribution in [1.29, 1.82) is 0 Å². The Labute approximate surface area is 226 Å². The van der Waals surface area contributed by atoms with E-state index in [0.29, 0.717) is 22.7 Å². The van der Waals surface area contributed by atoms with E-state index in [1.165, 1.54) is 11.8 Å². The summed E-state index contributed by atoms with van der Waals surface area (Å²) in [6.07, 6.45) is 8.14. The largest absolute Gasteiger partial charge is 0.382 e. The van der Waals surface area contributed by atoms with Gasteiger partial charge in [0.15, 0.2) is 5.82 Å². The maximum Gasteiger partial charge on any atom is 0.265 e. The first-order chi connectivity index (χ1) is 18.7. The molecule has 2 aliphatic carbocycles. The zero-order chi connectivity index (χ0) is 27.5. The van der Waals surface area contributed by atoms with Crippen LogP contribution in [0.5, 0.6) is 0 Å². The zero-order valence-corrected chi connectivity index (χ0v) is 22.8. The molecule has 3 aromatic rings. The monoisotopic (exact) mass is 538 g/mol. The van der Waals surface area contributed by atoms with Gasteiger partial charge in [0.05, 0.1) is 23.8 Å². The summed E-state index contributed by atoms with van der Waals surface area (Å²) in [5.74, 6) is 2.62. The van der Waals surface area contributed by atoms with Crippen LogP contribution in [-0.2, 0) is 7.05 Å². The highest BCUT2D eigenvalue weighted by atomic mass is 19.3. The summed E-state index contributed by atoms with van der Waals surface area (Å²) in [5.41, 5.74) is 8.20. The number of halogens is 2. The third-order valence-corrected chi connectivity index (χ3v) is 8.40. The van der Waals surface area contributed by atoms with Crippen molar-refractivity contribution in [3.05, 3.63) is 22.6 Å². The number of pyridine rings is 1. The summed E-state index contributed by atoms with van der Waals surface area (Å²) in [6.45, 7) is 1.89. The summed E-state index contributed by atoms with van der Waals surface area (Å²) in [6, 6.07) is 5.03. The van der Waals surface area contributed by atoms with Gasteiger partial charge in [-0.1, -0.05) is 12.8 Å². The van der Waals surface area contributed by atoms with E-state index in [0.717, 1.165) is 62.1 Å². The Morgan fingerprint density at radius 2 is 1.97 bits per heavy atom. The molecule has 1 saturated heterocycles. The van der Waals surface area contributed by atoms with Gasteiger partial charge in [0.1, 0.15) is 11.2 Å². The number of nitrogens with zero attached hydrogens (tertiary/aromatic N) is 6. The van der Waals surface area contributed by atoms with Crippen LogP contribution in [0.4, 0.5) is 20.4 Å². The normalized spacial score (nSPS) is 19.6. The number of nitrogens with one attached hydrogen (secondary N) is 1. The lowest BCUT2D eigenvalue weighted by molar-refractivity contribution is -0.0189. The second-order valence-corrected chi connectivity index (χ2v) is 11.5. The molecule has 0 spiro atoms. The Morgan fingerprint density at radius 3 is 2.64 bits per heavy atom. The number of anilines is 2. The smallest absolute Gasteiger partial charge is 0.265 e. The molecule has 11 heteroatoms.